The Bertz CT molecular complexity index is 1070. The number of imide groups is 2. The van der Waals surface area contributed by atoms with Crippen LogP contribution in [0.4, 0.5) is 0 Å². The Kier molecular flexibility index (Phi) is 4.26. The van der Waals surface area contributed by atoms with Crippen molar-refractivity contribution in [2.24, 2.45) is 0 Å². The summed E-state index contributed by atoms with van der Waals surface area (Å²) < 4.78 is 5.09. The maximum absolute atomic E-state index is 12.6. The first-order valence-electron chi connectivity index (χ1n) is 8.91. The molecule has 0 N–H and O–H groups in total. The van der Waals surface area contributed by atoms with Gasteiger partial charge in [0.05, 0.1) is 22.3 Å². The third kappa shape index (κ3) is 2.80. The molecule has 8 heteroatoms. The summed E-state index contributed by atoms with van der Waals surface area (Å²) in [6.07, 6.45) is 0. The zero-order valence-electron chi connectivity index (χ0n) is 15.7. The molecule has 2 aromatic rings. The molecule has 29 heavy (non-hydrogen) atoms. The summed E-state index contributed by atoms with van der Waals surface area (Å²) in [6.45, 7) is 2.55. The second-order valence-electron chi connectivity index (χ2n) is 6.88. The number of aryl methyl sites for hydroxylation is 1. The molecule has 2 aromatic carbocycles. The van der Waals surface area contributed by atoms with Crippen LogP contribution in [0.1, 0.15) is 53.9 Å². The Labute approximate surface area is 165 Å². The van der Waals surface area contributed by atoms with Gasteiger partial charge in [0.15, 0.2) is 6.73 Å². The van der Waals surface area contributed by atoms with Crippen molar-refractivity contribution in [3.8, 4) is 0 Å². The molecule has 2 aliphatic heterocycles. The van der Waals surface area contributed by atoms with E-state index in [0.717, 1.165) is 15.4 Å². The minimum absolute atomic E-state index is 0.223. The fourth-order valence-corrected chi connectivity index (χ4v) is 3.44. The average Bonchev–Trinajstić information content (AvgIpc) is 3.10. The number of hydrogen-bond donors (Lipinski definition) is 0. The molecule has 4 rings (SSSR count). The highest BCUT2D eigenvalue weighted by atomic mass is 16.5. The monoisotopic (exact) mass is 392 g/mol. The fourth-order valence-electron chi connectivity index (χ4n) is 3.44. The van der Waals surface area contributed by atoms with Crippen molar-refractivity contribution in [2.45, 2.75) is 19.9 Å². The fraction of sp³-hybridized carbons (Fsp3) is 0.190. The first kappa shape index (κ1) is 18.5. The third-order valence-corrected chi connectivity index (χ3v) is 5.02. The zero-order valence-corrected chi connectivity index (χ0v) is 15.7. The minimum Gasteiger partial charge on any atom is -0.442 e. The lowest BCUT2D eigenvalue weighted by Gasteiger charge is -2.22. The van der Waals surface area contributed by atoms with Crippen LogP contribution in [0.3, 0.4) is 0 Å². The molecule has 2 aliphatic rings. The average molecular weight is 392 g/mol. The van der Waals surface area contributed by atoms with E-state index < -0.39 is 42.4 Å². The van der Waals surface area contributed by atoms with Crippen LogP contribution in [0.2, 0.25) is 0 Å². The van der Waals surface area contributed by atoms with Crippen LogP contribution in [0.5, 0.6) is 0 Å². The molecule has 0 aliphatic carbocycles. The standard InChI is InChI=1S/C21H16N2O6/c1-11-7-8-15-16(9-11)20(27)23(19(15)26)12(2)21(28)29-10-22-17(24)13-5-3-4-6-14(13)18(22)25/h3-9,12H,10H2,1-2H3. The summed E-state index contributed by atoms with van der Waals surface area (Å²) in [6, 6.07) is 9.92. The number of ether oxygens (including phenoxy) is 1. The minimum atomic E-state index is -1.21. The Morgan fingerprint density at radius 1 is 0.862 bits per heavy atom. The summed E-state index contributed by atoms with van der Waals surface area (Å²) in [4.78, 5) is 63.9. The van der Waals surface area contributed by atoms with Crippen LogP contribution in [0.25, 0.3) is 0 Å². The van der Waals surface area contributed by atoms with Crippen molar-refractivity contribution in [3.63, 3.8) is 0 Å². The van der Waals surface area contributed by atoms with E-state index in [-0.39, 0.29) is 22.3 Å². The number of nitrogens with zero attached hydrogens (tertiary/aromatic N) is 2. The van der Waals surface area contributed by atoms with E-state index in [0.29, 0.717) is 0 Å². The van der Waals surface area contributed by atoms with Gasteiger partial charge >= 0.3 is 5.97 Å². The van der Waals surface area contributed by atoms with E-state index in [4.69, 9.17) is 4.74 Å². The summed E-state index contributed by atoms with van der Waals surface area (Å²) in [7, 11) is 0. The maximum atomic E-state index is 12.6. The lowest BCUT2D eigenvalue weighted by atomic mass is 10.1. The lowest BCUT2D eigenvalue weighted by molar-refractivity contribution is -0.150. The van der Waals surface area contributed by atoms with Gasteiger partial charge in [-0.1, -0.05) is 23.8 Å². The number of carbonyl (C=O) groups excluding carboxylic acids is 5. The molecule has 0 radical (unpaired) electrons. The molecule has 1 atom stereocenters. The highest BCUT2D eigenvalue weighted by Gasteiger charge is 2.42. The predicted molar refractivity (Wildman–Crippen MR) is 99.0 cm³/mol. The molecule has 0 fully saturated rings. The van der Waals surface area contributed by atoms with Gasteiger partial charge in [0.25, 0.3) is 23.6 Å². The molecule has 0 aromatic heterocycles. The topological polar surface area (TPSA) is 101 Å². The van der Waals surface area contributed by atoms with Gasteiger partial charge in [-0.05, 0) is 38.1 Å². The molecule has 4 amide bonds. The first-order chi connectivity index (χ1) is 13.8. The highest BCUT2D eigenvalue weighted by Crippen LogP contribution is 2.26. The number of carbonyl (C=O) groups is 5. The number of hydrogen-bond acceptors (Lipinski definition) is 6. The van der Waals surface area contributed by atoms with Crippen LogP contribution in [0.15, 0.2) is 42.5 Å². The van der Waals surface area contributed by atoms with Gasteiger partial charge < -0.3 is 4.74 Å². The molecule has 8 nitrogen and oxygen atoms in total. The van der Waals surface area contributed by atoms with Crippen LogP contribution in [-0.4, -0.2) is 52.2 Å². The van der Waals surface area contributed by atoms with Crippen molar-refractivity contribution in [1.29, 1.82) is 0 Å². The SMILES string of the molecule is Cc1ccc2c(c1)C(=O)N(C(C)C(=O)OCN1C(=O)c3ccccc3C1=O)C2=O. The molecule has 1 unspecified atom stereocenters. The Morgan fingerprint density at radius 2 is 1.41 bits per heavy atom. The van der Waals surface area contributed by atoms with E-state index >= 15 is 0 Å². The van der Waals surface area contributed by atoms with Gasteiger partial charge in [0.1, 0.15) is 6.04 Å². The largest absolute Gasteiger partial charge is 0.442 e. The van der Waals surface area contributed by atoms with Crippen LogP contribution >= 0.6 is 0 Å². The molecule has 0 spiro atoms. The number of fused-ring (bicyclic) bond motifs is 2. The number of amides is 4. The molecular formula is C21H16N2O6. The van der Waals surface area contributed by atoms with Crippen LogP contribution < -0.4 is 0 Å². The second-order valence-corrected chi connectivity index (χ2v) is 6.88. The van der Waals surface area contributed by atoms with Gasteiger partial charge in [0.2, 0.25) is 0 Å². The van der Waals surface area contributed by atoms with E-state index in [1.807, 2.05) is 0 Å². The van der Waals surface area contributed by atoms with Crippen molar-refractivity contribution < 1.29 is 28.7 Å². The molecule has 2 heterocycles. The Morgan fingerprint density at radius 3 is 2.03 bits per heavy atom. The van der Waals surface area contributed by atoms with Crippen LogP contribution in [0, 0.1) is 6.92 Å². The molecular weight excluding hydrogens is 376 g/mol. The smallest absolute Gasteiger partial charge is 0.330 e. The molecule has 146 valence electrons. The van der Waals surface area contributed by atoms with Gasteiger partial charge in [0, 0.05) is 0 Å². The lowest BCUT2D eigenvalue weighted by Crippen LogP contribution is -2.45. The van der Waals surface area contributed by atoms with Crippen molar-refractivity contribution in [2.75, 3.05) is 6.73 Å². The third-order valence-electron chi connectivity index (χ3n) is 5.02. The predicted octanol–water partition coefficient (Wildman–Crippen LogP) is 1.78. The van der Waals surface area contributed by atoms with Gasteiger partial charge in [-0.3, -0.25) is 24.1 Å². The summed E-state index contributed by atoms with van der Waals surface area (Å²) >= 11 is 0. The number of benzene rings is 2. The maximum Gasteiger partial charge on any atom is 0.330 e. The molecule has 0 saturated carbocycles. The quantitative estimate of drug-likeness (QED) is 0.581. The number of esters is 1. The van der Waals surface area contributed by atoms with Gasteiger partial charge in [-0.2, -0.15) is 0 Å². The molecule has 0 saturated heterocycles. The van der Waals surface area contributed by atoms with E-state index in [9.17, 15) is 24.0 Å². The van der Waals surface area contributed by atoms with Gasteiger partial charge in [-0.15, -0.1) is 0 Å². The Hall–Kier alpha value is -3.81. The number of rotatable bonds is 4. The molecule has 0 bridgehead atoms. The summed E-state index contributed by atoms with van der Waals surface area (Å²) in [5.41, 5.74) is 1.73. The van der Waals surface area contributed by atoms with Crippen molar-refractivity contribution >= 4 is 29.6 Å². The van der Waals surface area contributed by atoms with Crippen molar-refractivity contribution in [3.05, 3.63) is 70.3 Å². The van der Waals surface area contributed by atoms with Crippen molar-refractivity contribution in [1.82, 2.24) is 9.80 Å². The highest BCUT2D eigenvalue weighted by molar-refractivity contribution is 6.23. The van der Waals surface area contributed by atoms with Crippen LogP contribution in [-0.2, 0) is 9.53 Å². The first-order valence-corrected chi connectivity index (χ1v) is 8.91. The Balaban J connectivity index is 1.46. The zero-order chi connectivity index (χ0) is 20.9. The summed E-state index contributed by atoms with van der Waals surface area (Å²) in [5.74, 6) is -3.20. The van der Waals surface area contributed by atoms with E-state index in [1.165, 1.54) is 19.1 Å². The van der Waals surface area contributed by atoms with E-state index in [2.05, 4.69) is 0 Å². The van der Waals surface area contributed by atoms with E-state index in [1.54, 1.807) is 37.3 Å². The normalized spacial score (nSPS) is 16.2. The second kappa shape index (κ2) is 6.66. The van der Waals surface area contributed by atoms with Gasteiger partial charge in [-0.25, -0.2) is 9.69 Å². The summed E-state index contributed by atoms with van der Waals surface area (Å²) in [5, 5.41) is 0.